The predicted molar refractivity (Wildman–Crippen MR) is 88.2 cm³/mol. The van der Waals surface area contributed by atoms with Crippen LogP contribution in [0.4, 0.5) is 0 Å². The van der Waals surface area contributed by atoms with Crippen molar-refractivity contribution in [3.8, 4) is 11.5 Å². The molecule has 0 fully saturated rings. The van der Waals surface area contributed by atoms with Gasteiger partial charge in [0.05, 0.1) is 17.9 Å². The van der Waals surface area contributed by atoms with Gasteiger partial charge in [0, 0.05) is 12.4 Å². The van der Waals surface area contributed by atoms with Crippen LogP contribution in [0.1, 0.15) is 17.0 Å². The van der Waals surface area contributed by atoms with Gasteiger partial charge in [-0.25, -0.2) is 13.1 Å². The predicted octanol–water partition coefficient (Wildman–Crippen LogP) is 2.06. The Hall–Kier alpha value is -2.58. The van der Waals surface area contributed by atoms with Crippen molar-refractivity contribution >= 4 is 10.0 Å². The molecule has 2 heterocycles. The molecule has 0 unspecified atom stereocenters. The number of hydrogen-bond acceptors (Lipinski definition) is 6. The van der Waals surface area contributed by atoms with E-state index in [9.17, 15) is 8.42 Å². The fourth-order valence-corrected chi connectivity index (χ4v) is 3.31. The van der Waals surface area contributed by atoms with E-state index in [1.807, 2.05) is 25.1 Å². The molecule has 0 bridgehead atoms. The molecule has 7 nitrogen and oxygen atoms in total. The Bertz CT molecular complexity index is 923. The van der Waals surface area contributed by atoms with Gasteiger partial charge in [-0.3, -0.25) is 4.98 Å². The first-order valence-corrected chi connectivity index (χ1v) is 8.93. The van der Waals surface area contributed by atoms with E-state index >= 15 is 0 Å². The van der Waals surface area contributed by atoms with Crippen molar-refractivity contribution in [2.75, 3.05) is 0 Å². The van der Waals surface area contributed by atoms with Gasteiger partial charge in [0.2, 0.25) is 21.8 Å². The van der Waals surface area contributed by atoms with E-state index < -0.39 is 10.0 Å². The van der Waals surface area contributed by atoms with E-state index in [0.717, 1.165) is 11.1 Å². The van der Waals surface area contributed by atoms with Crippen molar-refractivity contribution < 1.29 is 12.8 Å². The Labute approximate surface area is 139 Å². The van der Waals surface area contributed by atoms with Crippen LogP contribution in [0.3, 0.4) is 0 Å². The summed E-state index contributed by atoms with van der Waals surface area (Å²) < 4.78 is 32.3. The van der Waals surface area contributed by atoms with Crippen LogP contribution in [0.25, 0.3) is 11.5 Å². The SMILES string of the molecule is Cc1ccccc1CS(=O)(=O)NCc1nnc(-c2cccnc2)o1. The third-order valence-corrected chi connectivity index (χ3v) is 4.70. The van der Waals surface area contributed by atoms with E-state index in [4.69, 9.17) is 4.42 Å². The van der Waals surface area contributed by atoms with Gasteiger partial charge in [0.25, 0.3) is 0 Å². The van der Waals surface area contributed by atoms with Crippen molar-refractivity contribution in [3.63, 3.8) is 0 Å². The lowest BCUT2D eigenvalue weighted by Gasteiger charge is -2.07. The Morgan fingerprint density at radius 3 is 2.71 bits per heavy atom. The molecule has 8 heteroatoms. The molecular weight excluding hydrogens is 328 g/mol. The van der Waals surface area contributed by atoms with Crippen LogP contribution in [0.2, 0.25) is 0 Å². The van der Waals surface area contributed by atoms with Gasteiger partial charge >= 0.3 is 0 Å². The highest BCUT2D eigenvalue weighted by atomic mass is 32.2. The van der Waals surface area contributed by atoms with Gasteiger partial charge in [-0.1, -0.05) is 24.3 Å². The lowest BCUT2D eigenvalue weighted by atomic mass is 10.1. The van der Waals surface area contributed by atoms with E-state index in [0.29, 0.717) is 11.5 Å². The monoisotopic (exact) mass is 344 g/mol. The fourth-order valence-electron chi connectivity index (χ4n) is 2.13. The van der Waals surface area contributed by atoms with Gasteiger partial charge in [0.1, 0.15) is 0 Å². The zero-order valence-electron chi connectivity index (χ0n) is 13.0. The van der Waals surface area contributed by atoms with E-state index in [1.54, 1.807) is 30.6 Å². The average Bonchev–Trinajstić information content (AvgIpc) is 3.05. The maximum absolute atomic E-state index is 12.2. The lowest BCUT2D eigenvalue weighted by Crippen LogP contribution is -2.25. The van der Waals surface area contributed by atoms with Crippen molar-refractivity contribution in [2.45, 2.75) is 19.2 Å². The maximum Gasteiger partial charge on any atom is 0.249 e. The number of aryl methyl sites for hydroxylation is 1. The van der Waals surface area contributed by atoms with Crippen molar-refractivity contribution in [1.82, 2.24) is 19.9 Å². The molecule has 1 N–H and O–H groups in total. The Kier molecular flexibility index (Phi) is 4.68. The number of pyridine rings is 1. The summed E-state index contributed by atoms with van der Waals surface area (Å²) >= 11 is 0. The third kappa shape index (κ3) is 4.03. The minimum Gasteiger partial charge on any atom is -0.419 e. The number of benzene rings is 1. The van der Waals surface area contributed by atoms with Crippen LogP contribution in [0, 0.1) is 6.92 Å². The van der Waals surface area contributed by atoms with E-state index in [1.165, 1.54) is 0 Å². The van der Waals surface area contributed by atoms with Crippen LogP contribution in [-0.4, -0.2) is 23.6 Å². The zero-order chi connectivity index (χ0) is 17.0. The molecule has 1 aromatic carbocycles. The third-order valence-electron chi connectivity index (χ3n) is 3.43. The second kappa shape index (κ2) is 6.90. The summed E-state index contributed by atoms with van der Waals surface area (Å²) in [5, 5.41) is 7.74. The highest BCUT2D eigenvalue weighted by Crippen LogP contribution is 2.16. The number of rotatable bonds is 6. The van der Waals surface area contributed by atoms with Crippen LogP contribution in [0.5, 0.6) is 0 Å². The van der Waals surface area contributed by atoms with Gasteiger partial charge < -0.3 is 4.42 Å². The Balaban J connectivity index is 1.65. The fraction of sp³-hybridized carbons (Fsp3) is 0.188. The first-order chi connectivity index (χ1) is 11.5. The molecule has 0 amide bonds. The second-order valence-corrected chi connectivity index (χ2v) is 7.06. The quantitative estimate of drug-likeness (QED) is 0.735. The molecule has 0 saturated carbocycles. The smallest absolute Gasteiger partial charge is 0.249 e. The topological polar surface area (TPSA) is 98.0 Å². The molecule has 0 atom stereocenters. The number of nitrogens with zero attached hydrogens (tertiary/aromatic N) is 3. The van der Waals surface area contributed by atoms with Gasteiger partial charge in [0.15, 0.2) is 0 Å². The molecule has 0 radical (unpaired) electrons. The highest BCUT2D eigenvalue weighted by molar-refractivity contribution is 7.88. The number of aromatic nitrogens is 3. The minimum absolute atomic E-state index is 0.0541. The normalized spacial score (nSPS) is 11.5. The minimum atomic E-state index is -3.50. The molecule has 3 rings (SSSR count). The zero-order valence-corrected chi connectivity index (χ0v) is 13.8. The summed E-state index contributed by atoms with van der Waals surface area (Å²) in [6.07, 6.45) is 3.24. The molecule has 24 heavy (non-hydrogen) atoms. The molecule has 0 spiro atoms. The first kappa shape index (κ1) is 16.3. The maximum atomic E-state index is 12.2. The largest absolute Gasteiger partial charge is 0.419 e. The molecule has 124 valence electrons. The number of nitrogens with one attached hydrogen (secondary N) is 1. The van der Waals surface area contributed by atoms with Gasteiger partial charge in [-0.15, -0.1) is 10.2 Å². The van der Waals surface area contributed by atoms with Crippen LogP contribution >= 0.6 is 0 Å². The molecule has 0 aliphatic rings. The van der Waals surface area contributed by atoms with Crippen molar-refractivity contribution in [3.05, 3.63) is 65.8 Å². The summed E-state index contributed by atoms with van der Waals surface area (Å²) in [6, 6.07) is 10.9. The van der Waals surface area contributed by atoms with Gasteiger partial charge in [-0.05, 0) is 30.2 Å². The summed E-state index contributed by atoms with van der Waals surface area (Å²) in [5.74, 6) is 0.405. The molecular formula is C16H16N4O3S. The summed E-state index contributed by atoms with van der Waals surface area (Å²) in [4.78, 5) is 3.97. The van der Waals surface area contributed by atoms with Crippen LogP contribution in [-0.2, 0) is 22.3 Å². The molecule has 0 aliphatic carbocycles. The van der Waals surface area contributed by atoms with Gasteiger partial charge in [-0.2, -0.15) is 0 Å². The summed E-state index contributed by atoms with van der Waals surface area (Å²) in [6.45, 7) is 1.82. The molecule has 3 aromatic rings. The average molecular weight is 344 g/mol. The molecule has 0 aliphatic heterocycles. The number of sulfonamides is 1. The number of hydrogen-bond donors (Lipinski definition) is 1. The van der Waals surface area contributed by atoms with Crippen molar-refractivity contribution in [1.29, 1.82) is 0 Å². The standard InChI is InChI=1S/C16H16N4O3S/c1-12-5-2-3-6-14(12)11-24(21,22)18-10-15-19-20-16(23-15)13-7-4-8-17-9-13/h2-9,18H,10-11H2,1H3. The first-order valence-electron chi connectivity index (χ1n) is 7.28. The summed E-state index contributed by atoms with van der Waals surface area (Å²) in [5.41, 5.74) is 2.37. The second-order valence-electron chi connectivity index (χ2n) is 5.25. The molecule has 2 aromatic heterocycles. The van der Waals surface area contributed by atoms with E-state index in [2.05, 4.69) is 19.9 Å². The Morgan fingerprint density at radius 2 is 1.96 bits per heavy atom. The summed E-state index contributed by atoms with van der Waals surface area (Å²) in [7, 11) is -3.50. The van der Waals surface area contributed by atoms with Crippen molar-refractivity contribution in [2.24, 2.45) is 0 Å². The van der Waals surface area contributed by atoms with Crippen LogP contribution in [0.15, 0.2) is 53.2 Å². The lowest BCUT2D eigenvalue weighted by molar-refractivity contribution is 0.494. The van der Waals surface area contributed by atoms with Crippen LogP contribution < -0.4 is 4.72 Å². The van der Waals surface area contributed by atoms with E-state index in [-0.39, 0.29) is 18.2 Å². The highest BCUT2D eigenvalue weighted by Gasteiger charge is 2.15. The molecule has 0 saturated heterocycles. The Morgan fingerprint density at radius 1 is 1.12 bits per heavy atom.